The van der Waals surface area contributed by atoms with Crippen molar-refractivity contribution in [3.8, 4) is 0 Å². The summed E-state index contributed by atoms with van der Waals surface area (Å²) in [5, 5.41) is 8.75. The molecular formula is C13H13ClN2O3S. The van der Waals surface area contributed by atoms with Crippen molar-refractivity contribution in [1.82, 2.24) is 4.98 Å². The van der Waals surface area contributed by atoms with Gasteiger partial charge in [-0.25, -0.2) is 13.4 Å². The molecule has 7 heteroatoms. The van der Waals surface area contributed by atoms with Gasteiger partial charge in [0.25, 0.3) is 10.0 Å². The molecule has 2 N–H and O–H groups in total. The fourth-order valence-electron chi connectivity index (χ4n) is 1.65. The average molecular weight is 313 g/mol. The molecule has 0 fully saturated rings. The third-order valence-corrected chi connectivity index (χ3v) is 4.45. The molecule has 0 aliphatic carbocycles. The predicted octanol–water partition coefficient (Wildman–Crippen LogP) is 2.07. The monoisotopic (exact) mass is 312 g/mol. The molecule has 106 valence electrons. The van der Waals surface area contributed by atoms with Gasteiger partial charge in [0.05, 0.1) is 0 Å². The molecule has 0 saturated heterocycles. The molecule has 5 nitrogen and oxygen atoms in total. The third-order valence-electron chi connectivity index (χ3n) is 2.62. The van der Waals surface area contributed by atoms with Gasteiger partial charge in [-0.1, -0.05) is 23.7 Å². The average Bonchev–Trinajstić information content (AvgIpc) is 2.41. The van der Waals surface area contributed by atoms with Crippen LogP contribution in [0.15, 0.2) is 47.5 Å². The van der Waals surface area contributed by atoms with E-state index in [4.69, 9.17) is 16.7 Å². The lowest BCUT2D eigenvalue weighted by molar-refractivity contribution is 0.299. The Bertz CT molecular complexity index is 687. The minimum absolute atomic E-state index is 0.0520. The van der Waals surface area contributed by atoms with Crippen LogP contribution in [0.5, 0.6) is 0 Å². The fraction of sp³-hybridized carbons (Fsp3) is 0.154. The molecule has 0 unspecified atom stereocenters. The molecule has 1 aromatic heterocycles. The van der Waals surface area contributed by atoms with Crippen molar-refractivity contribution in [3.05, 3.63) is 53.3 Å². The lowest BCUT2D eigenvalue weighted by atomic mass is 10.1. The first-order chi connectivity index (χ1) is 9.53. The van der Waals surface area contributed by atoms with Crippen molar-refractivity contribution >= 4 is 27.3 Å². The summed E-state index contributed by atoms with van der Waals surface area (Å²) in [5.74, 6) is 0. The molecule has 1 aromatic carbocycles. The van der Waals surface area contributed by atoms with Gasteiger partial charge in [0.15, 0.2) is 0 Å². The van der Waals surface area contributed by atoms with Crippen LogP contribution in [0.4, 0.5) is 5.69 Å². The highest BCUT2D eigenvalue weighted by Crippen LogP contribution is 2.21. The maximum atomic E-state index is 12.2. The number of pyridine rings is 1. The van der Waals surface area contributed by atoms with E-state index in [9.17, 15) is 8.42 Å². The summed E-state index contributed by atoms with van der Waals surface area (Å²) in [5.41, 5.74) is 1.35. The van der Waals surface area contributed by atoms with Crippen LogP contribution in [0.2, 0.25) is 5.15 Å². The molecule has 0 aliphatic heterocycles. The highest BCUT2D eigenvalue weighted by atomic mass is 35.5. The molecule has 0 saturated carbocycles. The number of rotatable bonds is 5. The summed E-state index contributed by atoms with van der Waals surface area (Å²) in [4.78, 5) is 3.68. The number of aromatic nitrogens is 1. The van der Waals surface area contributed by atoms with E-state index in [0.717, 1.165) is 5.56 Å². The molecule has 0 aliphatic rings. The van der Waals surface area contributed by atoms with E-state index in [1.807, 2.05) is 0 Å². The van der Waals surface area contributed by atoms with Gasteiger partial charge in [-0.05, 0) is 36.2 Å². The minimum atomic E-state index is -3.76. The zero-order valence-corrected chi connectivity index (χ0v) is 12.0. The van der Waals surface area contributed by atoms with Crippen molar-refractivity contribution in [2.45, 2.75) is 11.3 Å². The van der Waals surface area contributed by atoms with E-state index in [1.54, 1.807) is 24.3 Å². The smallest absolute Gasteiger partial charge is 0.264 e. The number of benzene rings is 1. The second-order valence-corrected chi connectivity index (χ2v) is 6.08. The molecule has 0 radical (unpaired) electrons. The lowest BCUT2D eigenvalue weighted by Gasteiger charge is -2.09. The summed E-state index contributed by atoms with van der Waals surface area (Å²) < 4.78 is 26.7. The number of halogens is 1. The number of nitrogens with zero attached hydrogens (tertiary/aromatic N) is 1. The molecule has 0 bridgehead atoms. The summed E-state index contributed by atoms with van der Waals surface area (Å²) in [6.45, 7) is 0.0520. The van der Waals surface area contributed by atoms with Gasteiger partial charge in [-0.3, -0.25) is 4.72 Å². The Labute approximate surface area is 122 Å². The van der Waals surface area contributed by atoms with Gasteiger partial charge in [0.2, 0.25) is 0 Å². The van der Waals surface area contributed by atoms with Crippen LogP contribution in [-0.4, -0.2) is 25.1 Å². The zero-order chi connectivity index (χ0) is 14.6. The first kappa shape index (κ1) is 14.8. The second kappa shape index (κ2) is 6.21. The van der Waals surface area contributed by atoms with E-state index >= 15 is 0 Å². The largest absolute Gasteiger partial charge is 0.396 e. The summed E-state index contributed by atoms with van der Waals surface area (Å²) in [6, 6.07) is 9.65. The quantitative estimate of drug-likeness (QED) is 0.828. The molecule has 2 aromatic rings. The molecule has 0 amide bonds. The van der Waals surface area contributed by atoms with Crippen LogP contribution in [0, 0.1) is 0 Å². The van der Waals surface area contributed by atoms with Crippen molar-refractivity contribution in [3.63, 3.8) is 0 Å². The van der Waals surface area contributed by atoms with Crippen molar-refractivity contribution in [2.75, 3.05) is 11.3 Å². The Hall–Kier alpha value is -1.63. The van der Waals surface area contributed by atoms with Crippen LogP contribution in [-0.2, 0) is 16.4 Å². The van der Waals surface area contributed by atoms with Crippen molar-refractivity contribution in [2.24, 2.45) is 0 Å². The van der Waals surface area contributed by atoms with Crippen molar-refractivity contribution < 1.29 is 13.5 Å². The molecule has 0 atom stereocenters. The van der Waals surface area contributed by atoms with E-state index in [2.05, 4.69) is 9.71 Å². The van der Waals surface area contributed by atoms with E-state index < -0.39 is 10.0 Å². The topological polar surface area (TPSA) is 79.3 Å². The van der Waals surface area contributed by atoms with Gasteiger partial charge < -0.3 is 5.11 Å². The standard InChI is InChI=1S/C13H13ClN2O3S/c14-13-12(2-1-8-15-13)20(18,19)16-11-5-3-10(4-6-11)7-9-17/h1-6,8,16-17H,7,9H2. The molecule has 2 rings (SSSR count). The summed E-state index contributed by atoms with van der Waals surface area (Å²) >= 11 is 5.78. The van der Waals surface area contributed by atoms with Crippen molar-refractivity contribution in [1.29, 1.82) is 0 Å². The number of nitrogens with one attached hydrogen (secondary N) is 1. The number of hydrogen-bond acceptors (Lipinski definition) is 4. The van der Waals surface area contributed by atoms with Gasteiger partial charge in [0.1, 0.15) is 10.0 Å². The van der Waals surface area contributed by atoms with Crippen LogP contribution < -0.4 is 4.72 Å². The van der Waals surface area contributed by atoms with Gasteiger partial charge in [-0.15, -0.1) is 0 Å². The highest BCUT2D eigenvalue weighted by Gasteiger charge is 2.18. The highest BCUT2D eigenvalue weighted by molar-refractivity contribution is 7.92. The predicted molar refractivity (Wildman–Crippen MR) is 77.3 cm³/mol. The SMILES string of the molecule is O=S(=O)(Nc1ccc(CCO)cc1)c1cccnc1Cl. The summed E-state index contributed by atoms with van der Waals surface area (Å²) in [6.07, 6.45) is 1.95. The third kappa shape index (κ3) is 3.47. The number of aliphatic hydroxyl groups is 1. The maximum absolute atomic E-state index is 12.2. The van der Waals surface area contributed by atoms with E-state index in [1.165, 1.54) is 18.3 Å². The Balaban J connectivity index is 2.22. The zero-order valence-electron chi connectivity index (χ0n) is 10.5. The molecule has 0 spiro atoms. The van der Waals surface area contributed by atoms with Gasteiger partial charge in [-0.2, -0.15) is 0 Å². The van der Waals surface area contributed by atoms with Crippen LogP contribution >= 0.6 is 11.6 Å². The number of hydrogen-bond donors (Lipinski definition) is 2. The first-order valence-electron chi connectivity index (χ1n) is 5.86. The summed E-state index contributed by atoms with van der Waals surface area (Å²) in [7, 11) is -3.76. The molecule has 20 heavy (non-hydrogen) atoms. The number of aliphatic hydroxyl groups excluding tert-OH is 1. The molecule has 1 heterocycles. The Morgan fingerprint density at radius 3 is 2.50 bits per heavy atom. The van der Waals surface area contributed by atoms with Crippen LogP contribution in [0.25, 0.3) is 0 Å². The lowest BCUT2D eigenvalue weighted by Crippen LogP contribution is -2.13. The number of anilines is 1. The van der Waals surface area contributed by atoms with Gasteiger partial charge in [0, 0.05) is 18.5 Å². The Morgan fingerprint density at radius 2 is 1.90 bits per heavy atom. The van der Waals surface area contributed by atoms with Gasteiger partial charge >= 0.3 is 0 Å². The van der Waals surface area contributed by atoms with E-state index in [-0.39, 0.29) is 16.7 Å². The first-order valence-corrected chi connectivity index (χ1v) is 7.72. The fourth-order valence-corrected chi connectivity index (χ4v) is 3.16. The Kier molecular flexibility index (Phi) is 4.59. The Morgan fingerprint density at radius 1 is 1.20 bits per heavy atom. The van der Waals surface area contributed by atoms with Crippen LogP contribution in [0.3, 0.4) is 0 Å². The minimum Gasteiger partial charge on any atom is -0.396 e. The molecular weight excluding hydrogens is 300 g/mol. The normalized spacial score (nSPS) is 11.3. The second-order valence-electron chi connectivity index (χ2n) is 4.07. The maximum Gasteiger partial charge on any atom is 0.264 e. The van der Waals surface area contributed by atoms with Crippen LogP contribution in [0.1, 0.15) is 5.56 Å². The van der Waals surface area contributed by atoms with E-state index in [0.29, 0.717) is 12.1 Å². The number of sulfonamides is 1.